The summed E-state index contributed by atoms with van der Waals surface area (Å²) in [7, 11) is 1.65. The molecule has 1 amide bonds. The molecule has 2 rings (SSSR count). The SMILES string of the molecule is COCCNCC(=O)N1CCN(c2cc(Cl)ccc2C)CC1. The maximum atomic E-state index is 12.1. The predicted octanol–water partition coefficient (Wildman–Crippen LogP) is 1.53. The molecule has 0 aliphatic carbocycles. The van der Waals surface area contributed by atoms with Crippen molar-refractivity contribution in [3.05, 3.63) is 28.8 Å². The summed E-state index contributed by atoms with van der Waals surface area (Å²) in [5.41, 5.74) is 2.38. The van der Waals surface area contributed by atoms with Crippen molar-refractivity contribution in [3.8, 4) is 0 Å². The number of nitrogens with one attached hydrogen (secondary N) is 1. The van der Waals surface area contributed by atoms with Gasteiger partial charge in [-0.05, 0) is 24.6 Å². The molecule has 0 radical (unpaired) electrons. The van der Waals surface area contributed by atoms with E-state index in [4.69, 9.17) is 16.3 Å². The van der Waals surface area contributed by atoms with Crippen molar-refractivity contribution < 1.29 is 9.53 Å². The fourth-order valence-corrected chi connectivity index (χ4v) is 2.77. The Bertz CT molecular complexity index is 502. The molecule has 22 heavy (non-hydrogen) atoms. The maximum absolute atomic E-state index is 12.1. The summed E-state index contributed by atoms with van der Waals surface area (Å²) < 4.78 is 4.95. The van der Waals surface area contributed by atoms with Crippen LogP contribution < -0.4 is 10.2 Å². The van der Waals surface area contributed by atoms with Crippen LogP contribution in [0.1, 0.15) is 5.56 Å². The number of nitrogens with zero attached hydrogens (tertiary/aromatic N) is 2. The Kier molecular flexibility index (Phi) is 6.49. The fraction of sp³-hybridized carbons (Fsp3) is 0.562. The summed E-state index contributed by atoms with van der Waals surface area (Å²) in [6.07, 6.45) is 0. The van der Waals surface area contributed by atoms with E-state index >= 15 is 0 Å². The zero-order valence-electron chi connectivity index (χ0n) is 13.3. The molecule has 1 N–H and O–H groups in total. The van der Waals surface area contributed by atoms with Gasteiger partial charge in [0.05, 0.1) is 13.2 Å². The van der Waals surface area contributed by atoms with Gasteiger partial charge in [-0.3, -0.25) is 4.79 Å². The molecule has 0 spiro atoms. The number of anilines is 1. The second-order valence-corrected chi connectivity index (χ2v) is 5.90. The first-order valence-electron chi connectivity index (χ1n) is 7.60. The lowest BCUT2D eigenvalue weighted by Crippen LogP contribution is -2.51. The van der Waals surface area contributed by atoms with Gasteiger partial charge in [0.1, 0.15) is 0 Å². The molecule has 0 atom stereocenters. The first-order chi connectivity index (χ1) is 10.6. The summed E-state index contributed by atoms with van der Waals surface area (Å²) in [6, 6.07) is 5.95. The van der Waals surface area contributed by atoms with Crippen LogP contribution in [0.4, 0.5) is 5.69 Å². The molecule has 1 aromatic rings. The highest BCUT2D eigenvalue weighted by Gasteiger charge is 2.21. The van der Waals surface area contributed by atoms with Gasteiger partial charge in [-0.2, -0.15) is 0 Å². The highest BCUT2D eigenvalue weighted by Crippen LogP contribution is 2.25. The van der Waals surface area contributed by atoms with E-state index in [1.54, 1.807) is 7.11 Å². The lowest BCUT2D eigenvalue weighted by atomic mass is 10.1. The van der Waals surface area contributed by atoms with E-state index in [0.717, 1.165) is 36.9 Å². The zero-order valence-corrected chi connectivity index (χ0v) is 14.0. The van der Waals surface area contributed by atoms with E-state index in [0.29, 0.717) is 19.7 Å². The Morgan fingerprint density at radius 2 is 2.05 bits per heavy atom. The van der Waals surface area contributed by atoms with E-state index in [1.165, 1.54) is 5.56 Å². The Hall–Kier alpha value is -1.30. The average molecular weight is 326 g/mol. The van der Waals surface area contributed by atoms with Gasteiger partial charge in [-0.1, -0.05) is 17.7 Å². The number of carbonyl (C=O) groups is 1. The van der Waals surface area contributed by atoms with Crippen LogP contribution in [0.2, 0.25) is 5.02 Å². The van der Waals surface area contributed by atoms with E-state index < -0.39 is 0 Å². The topological polar surface area (TPSA) is 44.8 Å². The molecule has 1 aromatic carbocycles. The molecule has 0 bridgehead atoms. The van der Waals surface area contributed by atoms with Crippen LogP contribution in [0.25, 0.3) is 0 Å². The molecule has 1 aliphatic rings. The third kappa shape index (κ3) is 4.60. The van der Waals surface area contributed by atoms with Gasteiger partial charge in [0.2, 0.25) is 5.91 Å². The standard InChI is InChI=1S/C16H24ClN3O2/c1-13-3-4-14(17)11-15(13)19-6-8-20(9-7-19)16(21)12-18-5-10-22-2/h3-4,11,18H,5-10,12H2,1-2H3. The monoisotopic (exact) mass is 325 g/mol. The van der Waals surface area contributed by atoms with Crippen molar-refractivity contribution in [2.45, 2.75) is 6.92 Å². The lowest BCUT2D eigenvalue weighted by molar-refractivity contribution is -0.130. The van der Waals surface area contributed by atoms with Crippen molar-refractivity contribution in [2.75, 3.05) is 57.9 Å². The van der Waals surface area contributed by atoms with Gasteiger partial charge in [0, 0.05) is 50.5 Å². The van der Waals surface area contributed by atoms with Crippen LogP contribution in [0.5, 0.6) is 0 Å². The molecule has 0 saturated carbocycles. The highest BCUT2D eigenvalue weighted by molar-refractivity contribution is 6.30. The number of benzene rings is 1. The molecule has 0 unspecified atom stereocenters. The van der Waals surface area contributed by atoms with Crippen LogP contribution in [-0.4, -0.2) is 63.8 Å². The van der Waals surface area contributed by atoms with Crippen molar-refractivity contribution in [3.63, 3.8) is 0 Å². The number of halogens is 1. The van der Waals surface area contributed by atoms with Gasteiger partial charge in [0.15, 0.2) is 0 Å². The molecular weight excluding hydrogens is 302 g/mol. The first-order valence-corrected chi connectivity index (χ1v) is 7.98. The smallest absolute Gasteiger partial charge is 0.236 e. The van der Waals surface area contributed by atoms with Crippen LogP contribution in [0.15, 0.2) is 18.2 Å². The molecule has 1 heterocycles. The minimum atomic E-state index is 0.151. The Balaban J connectivity index is 1.82. The minimum Gasteiger partial charge on any atom is -0.383 e. The predicted molar refractivity (Wildman–Crippen MR) is 89.7 cm³/mol. The Labute approximate surface area is 137 Å². The van der Waals surface area contributed by atoms with E-state index in [1.807, 2.05) is 23.1 Å². The molecule has 0 aromatic heterocycles. The van der Waals surface area contributed by atoms with Crippen LogP contribution in [-0.2, 0) is 9.53 Å². The summed E-state index contributed by atoms with van der Waals surface area (Å²) in [6.45, 7) is 6.95. The van der Waals surface area contributed by atoms with E-state index in [2.05, 4.69) is 17.1 Å². The number of carbonyl (C=O) groups excluding carboxylic acids is 1. The largest absolute Gasteiger partial charge is 0.383 e. The van der Waals surface area contributed by atoms with Gasteiger partial charge in [-0.25, -0.2) is 0 Å². The maximum Gasteiger partial charge on any atom is 0.236 e. The quantitative estimate of drug-likeness (QED) is 0.806. The lowest BCUT2D eigenvalue weighted by Gasteiger charge is -2.37. The summed E-state index contributed by atoms with van der Waals surface area (Å²) in [5, 5.41) is 3.85. The van der Waals surface area contributed by atoms with Crippen molar-refractivity contribution in [1.29, 1.82) is 0 Å². The summed E-state index contributed by atoms with van der Waals surface area (Å²) >= 11 is 6.09. The van der Waals surface area contributed by atoms with Gasteiger partial charge in [-0.15, -0.1) is 0 Å². The molecule has 122 valence electrons. The van der Waals surface area contributed by atoms with Gasteiger partial charge >= 0.3 is 0 Å². The second kappa shape index (κ2) is 8.36. The number of rotatable bonds is 6. The van der Waals surface area contributed by atoms with Crippen LogP contribution in [0, 0.1) is 6.92 Å². The fourth-order valence-electron chi connectivity index (χ4n) is 2.60. The number of hydrogen-bond acceptors (Lipinski definition) is 4. The summed E-state index contributed by atoms with van der Waals surface area (Å²) in [5.74, 6) is 0.151. The number of aryl methyl sites for hydroxylation is 1. The highest BCUT2D eigenvalue weighted by atomic mass is 35.5. The number of hydrogen-bond donors (Lipinski definition) is 1. The van der Waals surface area contributed by atoms with Crippen LogP contribution >= 0.6 is 11.6 Å². The molecule has 5 nitrogen and oxygen atoms in total. The average Bonchev–Trinajstić information content (AvgIpc) is 2.54. The molecule has 6 heteroatoms. The van der Waals surface area contributed by atoms with Gasteiger partial charge < -0.3 is 19.9 Å². The molecule has 1 aliphatic heterocycles. The van der Waals surface area contributed by atoms with Crippen molar-refractivity contribution in [1.82, 2.24) is 10.2 Å². The molecule has 1 saturated heterocycles. The van der Waals surface area contributed by atoms with Gasteiger partial charge in [0.25, 0.3) is 0 Å². The molecular formula is C16H24ClN3O2. The third-order valence-corrected chi connectivity index (χ3v) is 4.14. The first kappa shape index (κ1) is 17.1. The van der Waals surface area contributed by atoms with Crippen molar-refractivity contribution in [2.24, 2.45) is 0 Å². The number of amides is 1. The minimum absolute atomic E-state index is 0.151. The van der Waals surface area contributed by atoms with Crippen molar-refractivity contribution >= 4 is 23.2 Å². The third-order valence-electron chi connectivity index (χ3n) is 3.90. The molecule has 1 fully saturated rings. The normalized spacial score (nSPS) is 15.2. The van der Waals surface area contributed by atoms with Crippen LogP contribution in [0.3, 0.4) is 0 Å². The van der Waals surface area contributed by atoms with E-state index in [-0.39, 0.29) is 5.91 Å². The Morgan fingerprint density at radius 3 is 2.73 bits per heavy atom. The second-order valence-electron chi connectivity index (χ2n) is 5.47. The number of ether oxygens (including phenoxy) is 1. The summed E-state index contributed by atoms with van der Waals surface area (Å²) in [4.78, 5) is 16.3. The zero-order chi connectivity index (χ0) is 15.9. The number of methoxy groups -OCH3 is 1. The Morgan fingerprint density at radius 1 is 1.32 bits per heavy atom. The van der Waals surface area contributed by atoms with E-state index in [9.17, 15) is 4.79 Å². The number of piperazine rings is 1.